The van der Waals surface area contributed by atoms with Crippen LogP contribution < -0.4 is 0 Å². The smallest absolute Gasteiger partial charge is 0.133 e. The second-order valence-corrected chi connectivity index (χ2v) is 5.21. The predicted molar refractivity (Wildman–Crippen MR) is 70.6 cm³/mol. The van der Waals surface area contributed by atoms with Gasteiger partial charge in [0.2, 0.25) is 0 Å². The van der Waals surface area contributed by atoms with Crippen LogP contribution in [0.4, 0.5) is 0 Å². The molecular weight excluding hydrogens is 240 g/mol. The third-order valence-corrected chi connectivity index (χ3v) is 3.51. The Hall–Kier alpha value is -1.75. The highest BCUT2D eigenvalue weighted by Gasteiger charge is 2.26. The van der Waals surface area contributed by atoms with Crippen LogP contribution in [-0.4, -0.2) is 33.1 Å². The van der Waals surface area contributed by atoms with Gasteiger partial charge < -0.3 is 4.52 Å². The lowest BCUT2D eigenvalue weighted by atomic mass is 10.1. The van der Waals surface area contributed by atoms with E-state index in [-0.39, 0.29) is 0 Å². The Balaban J connectivity index is 1.64. The van der Waals surface area contributed by atoms with Crippen LogP contribution in [0.5, 0.6) is 0 Å². The fraction of sp³-hybridized carbons (Fsp3) is 0.500. The molecule has 0 amide bonds. The lowest BCUT2D eigenvalue weighted by molar-refractivity contribution is 0.307. The van der Waals surface area contributed by atoms with Crippen molar-refractivity contribution in [3.63, 3.8) is 0 Å². The summed E-state index contributed by atoms with van der Waals surface area (Å²) in [4.78, 5) is 11.3. The molecule has 0 aliphatic carbocycles. The van der Waals surface area contributed by atoms with Crippen LogP contribution in [-0.2, 0) is 6.54 Å². The molecule has 0 saturated carbocycles. The Morgan fingerprint density at radius 3 is 3.05 bits per heavy atom. The number of aromatic nitrogens is 3. The van der Waals surface area contributed by atoms with E-state index < -0.39 is 0 Å². The lowest BCUT2D eigenvalue weighted by Gasteiger charge is -2.13. The molecular formula is C14H18N4O. The van der Waals surface area contributed by atoms with Gasteiger partial charge in [-0.3, -0.25) is 4.90 Å². The maximum atomic E-state index is 5.10. The average molecular weight is 258 g/mol. The SMILES string of the molecule is Cc1ccnc(C2CCN(Cc3cc(C)on3)C2)n1. The van der Waals surface area contributed by atoms with Gasteiger partial charge in [-0.2, -0.15) is 0 Å². The molecule has 5 heteroatoms. The molecule has 1 fully saturated rings. The molecule has 1 unspecified atom stereocenters. The van der Waals surface area contributed by atoms with E-state index in [2.05, 4.69) is 20.0 Å². The Morgan fingerprint density at radius 1 is 1.42 bits per heavy atom. The fourth-order valence-electron chi connectivity index (χ4n) is 2.57. The van der Waals surface area contributed by atoms with Crippen molar-refractivity contribution in [1.82, 2.24) is 20.0 Å². The molecule has 1 saturated heterocycles. The first-order valence-corrected chi connectivity index (χ1v) is 6.65. The summed E-state index contributed by atoms with van der Waals surface area (Å²) < 4.78 is 5.10. The first kappa shape index (κ1) is 12.3. The zero-order valence-electron chi connectivity index (χ0n) is 11.3. The molecule has 2 aromatic rings. The molecule has 0 aromatic carbocycles. The van der Waals surface area contributed by atoms with E-state index in [1.807, 2.05) is 32.2 Å². The molecule has 1 aliphatic rings. The van der Waals surface area contributed by atoms with Crippen LogP contribution in [0.3, 0.4) is 0 Å². The van der Waals surface area contributed by atoms with Crippen molar-refractivity contribution in [3.05, 3.63) is 41.3 Å². The van der Waals surface area contributed by atoms with E-state index in [1.54, 1.807) is 0 Å². The molecule has 2 aromatic heterocycles. The zero-order valence-corrected chi connectivity index (χ0v) is 11.3. The molecule has 19 heavy (non-hydrogen) atoms. The summed E-state index contributed by atoms with van der Waals surface area (Å²) in [6.07, 6.45) is 2.96. The monoisotopic (exact) mass is 258 g/mol. The summed E-state index contributed by atoms with van der Waals surface area (Å²) in [7, 11) is 0. The number of rotatable bonds is 3. The summed E-state index contributed by atoms with van der Waals surface area (Å²) in [5, 5.41) is 4.04. The number of nitrogens with zero attached hydrogens (tertiary/aromatic N) is 4. The van der Waals surface area contributed by atoms with Crippen LogP contribution in [0.25, 0.3) is 0 Å². The van der Waals surface area contributed by atoms with Gasteiger partial charge >= 0.3 is 0 Å². The summed E-state index contributed by atoms with van der Waals surface area (Å²) in [6, 6.07) is 3.94. The number of hydrogen-bond donors (Lipinski definition) is 0. The minimum Gasteiger partial charge on any atom is -0.361 e. The van der Waals surface area contributed by atoms with Gasteiger partial charge in [-0.05, 0) is 32.9 Å². The average Bonchev–Trinajstić information content (AvgIpc) is 2.99. The Labute approximate surface area is 112 Å². The second kappa shape index (κ2) is 5.09. The normalized spacial score (nSPS) is 20.0. The highest BCUT2D eigenvalue weighted by molar-refractivity contribution is 5.08. The van der Waals surface area contributed by atoms with Crippen LogP contribution in [0.15, 0.2) is 22.9 Å². The van der Waals surface area contributed by atoms with Crippen molar-refractivity contribution in [2.24, 2.45) is 0 Å². The number of aryl methyl sites for hydroxylation is 2. The topological polar surface area (TPSA) is 55.1 Å². The van der Waals surface area contributed by atoms with E-state index in [0.717, 1.165) is 49.0 Å². The van der Waals surface area contributed by atoms with Gasteiger partial charge in [-0.15, -0.1) is 0 Å². The molecule has 0 radical (unpaired) electrons. The fourth-order valence-corrected chi connectivity index (χ4v) is 2.57. The molecule has 1 atom stereocenters. The van der Waals surface area contributed by atoms with Crippen molar-refractivity contribution in [2.45, 2.75) is 32.7 Å². The molecule has 0 bridgehead atoms. The van der Waals surface area contributed by atoms with E-state index in [0.29, 0.717) is 5.92 Å². The Kier molecular flexibility index (Phi) is 3.29. The molecule has 0 spiro atoms. The van der Waals surface area contributed by atoms with Gasteiger partial charge in [0.1, 0.15) is 11.6 Å². The van der Waals surface area contributed by atoms with E-state index in [9.17, 15) is 0 Å². The molecule has 1 aliphatic heterocycles. The standard InChI is InChI=1S/C14H18N4O/c1-10-3-5-15-14(16-10)12-4-6-18(8-12)9-13-7-11(2)19-17-13/h3,5,7,12H,4,6,8-9H2,1-2H3. The quantitative estimate of drug-likeness (QED) is 0.843. The molecule has 100 valence electrons. The Morgan fingerprint density at radius 2 is 2.32 bits per heavy atom. The minimum absolute atomic E-state index is 0.438. The van der Waals surface area contributed by atoms with Crippen molar-refractivity contribution >= 4 is 0 Å². The van der Waals surface area contributed by atoms with E-state index in [1.165, 1.54) is 0 Å². The predicted octanol–water partition coefficient (Wildman–Crippen LogP) is 2.07. The molecule has 3 rings (SSSR count). The minimum atomic E-state index is 0.438. The van der Waals surface area contributed by atoms with E-state index in [4.69, 9.17) is 4.52 Å². The van der Waals surface area contributed by atoms with E-state index >= 15 is 0 Å². The van der Waals surface area contributed by atoms with Gasteiger partial charge in [-0.25, -0.2) is 9.97 Å². The molecule has 5 nitrogen and oxygen atoms in total. The summed E-state index contributed by atoms with van der Waals surface area (Å²) in [6.45, 7) is 6.84. The maximum Gasteiger partial charge on any atom is 0.133 e. The van der Waals surface area contributed by atoms with Gasteiger partial charge in [0.05, 0.1) is 5.69 Å². The first-order valence-electron chi connectivity index (χ1n) is 6.65. The van der Waals surface area contributed by atoms with Crippen LogP contribution >= 0.6 is 0 Å². The number of hydrogen-bond acceptors (Lipinski definition) is 5. The Bertz CT molecular complexity index is 566. The van der Waals surface area contributed by atoms with Gasteiger partial charge in [0.15, 0.2) is 0 Å². The third-order valence-electron chi connectivity index (χ3n) is 3.51. The van der Waals surface area contributed by atoms with Crippen LogP contribution in [0.2, 0.25) is 0 Å². The first-order chi connectivity index (χ1) is 9.20. The van der Waals surface area contributed by atoms with Crippen molar-refractivity contribution in [2.75, 3.05) is 13.1 Å². The summed E-state index contributed by atoms with van der Waals surface area (Å²) in [5.41, 5.74) is 2.04. The zero-order chi connectivity index (χ0) is 13.2. The number of likely N-dealkylation sites (tertiary alicyclic amines) is 1. The molecule has 3 heterocycles. The van der Waals surface area contributed by atoms with Crippen molar-refractivity contribution in [3.8, 4) is 0 Å². The van der Waals surface area contributed by atoms with Gasteiger partial charge in [0.25, 0.3) is 0 Å². The van der Waals surface area contributed by atoms with Crippen LogP contribution in [0.1, 0.15) is 35.3 Å². The highest BCUT2D eigenvalue weighted by Crippen LogP contribution is 2.25. The van der Waals surface area contributed by atoms with Gasteiger partial charge in [-0.1, -0.05) is 5.16 Å². The lowest BCUT2D eigenvalue weighted by Crippen LogP contribution is -2.20. The highest BCUT2D eigenvalue weighted by atomic mass is 16.5. The van der Waals surface area contributed by atoms with Crippen molar-refractivity contribution < 1.29 is 4.52 Å². The summed E-state index contributed by atoms with van der Waals surface area (Å²) >= 11 is 0. The summed E-state index contributed by atoms with van der Waals surface area (Å²) in [5.74, 6) is 2.28. The van der Waals surface area contributed by atoms with Crippen molar-refractivity contribution in [1.29, 1.82) is 0 Å². The molecule has 0 N–H and O–H groups in total. The second-order valence-electron chi connectivity index (χ2n) is 5.21. The van der Waals surface area contributed by atoms with Gasteiger partial charge in [0, 0.05) is 37.0 Å². The third kappa shape index (κ3) is 2.81. The van der Waals surface area contributed by atoms with Crippen LogP contribution in [0, 0.1) is 13.8 Å². The maximum absolute atomic E-state index is 5.10. The largest absolute Gasteiger partial charge is 0.361 e.